The van der Waals surface area contributed by atoms with Gasteiger partial charge in [0.1, 0.15) is 11.2 Å². The van der Waals surface area contributed by atoms with Crippen LogP contribution in [0.15, 0.2) is 174 Å². The standard InChI is InChI=1S/C46H28O/c1-2-13-31-27-34(24-23-29(31)11-1)44-39-19-7-5-17-37(39)43(38-18-6-8-20-40(38)44)33-15-9-14-32(28-33)36-21-10-22-41-46(36)45-35-16-4-3-12-30(35)25-26-42(45)47-41/h1-28H/i10D,21D,22D. The second-order valence-electron chi connectivity index (χ2n) is 12.2. The number of benzene rings is 9. The third-order valence-electron chi connectivity index (χ3n) is 9.60. The average molecular weight is 600 g/mol. The molecular weight excluding hydrogens is 569 g/mol. The van der Waals surface area contributed by atoms with E-state index in [9.17, 15) is 1.37 Å². The van der Waals surface area contributed by atoms with Crippen molar-refractivity contribution in [3.8, 4) is 33.4 Å². The highest BCUT2D eigenvalue weighted by molar-refractivity contribution is 6.24. The van der Waals surface area contributed by atoms with Gasteiger partial charge in [0.2, 0.25) is 0 Å². The lowest BCUT2D eigenvalue weighted by molar-refractivity contribution is 0.669. The maximum Gasteiger partial charge on any atom is 0.136 e. The molecule has 1 nitrogen and oxygen atoms in total. The molecule has 47 heavy (non-hydrogen) atoms. The van der Waals surface area contributed by atoms with Gasteiger partial charge in [-0.2, -0.15) is 0 Å². The fourth-order valence-corrected chi connectivity index (χ4v) is 7.55. The molecule has 0 atom stereocenters. The first kappa shape index (κ1) is 23.2. The molecule has 0 fully saturated rings. The molecule has 0 aliphatic rings. The Morgan fingerprint density at radius 1 is 0.383 bits per heavy atom. The van der Waals surface area contributed by atoms with E-state index < -0.39 is 0 Å². The molecule has 0 saturated carbocycles. The largest absolute Gasteiger partial charge is 0.456 e. The first-order valence-electron chi connectivity index (χ1n) is 17.4. The molecule has 0 aliphatic heterocycles. The van der Waals surface area contributed by atoms with E-state index in [0.29, 0.717) is 22.1 Å². The van der Waals surface area contributed by atoms with Gasteiger partial charge in [0, 0.05) is 10.8 Å². The lowest BCUT2D eigenvalue weighted by atomic mass is 9.85. The van der Waals surface area contributed by atoms with Crippen LogP contribution in [0, 0.1) is 0 Å². The van der Waals surface area contributed by atoms with Crippen LogP contribution in [0.4, 0.5) is 0 Å². The van der Waals surface area contributed by atoms with Crippen LogP contribution < -0.4 is 0 Å². The Hall–Kier alpha value is -6.18. The molecule has 0 saturated heterocycles. The van der Waals surface area contributed by atoms with E-state index in [-0.39, 0.29) is 18.1 Å². The number of rotatable bonds is 3. The topological polar surface area (TPSA) is 13.1 Å². The summed E-state index contributed by atoms with van der Waals surface area (Å²) in [6.45, 7) is 0. The lowest BCUT2D eigenvalue weighted by Crippen LogP contribution is -1.91. The highest BCUT2D eigenvalue weighted by Crippen LogP contribution is 2.46. The zero-order chi connectivity index (χ0) is 33.5. The smallest absolute Gasteiger partial charge is 0.136 e. The van der Waals surface area contributed by atoms with Crippen LogP contribution in [0.2, 0.25) is 0 Å². The summed E-state index contributed by atoms with van der Waals surface area (Å²) in [6.07, 6.45) is 0. The SMILES string of the molecule is [2H]c1c([2H])c(-c2cccc(-c3c4ccccc4c(-c4ccc5ccccc5c4)c4ccccc34)c2)c2c(oc3ccc4ccccc4c32)c1[2H]. The highest BCUT2D eigenvalue weighted by Gasteiger charge is 2.19. The summed E-state index contributed by atoms with van der Waals surface area (Å²) in [7, 11) is 0. The van der Waals surface area contributed by atoms with Crippen molar-refractivity contribution in [1.29, 1.82) is 0 Å². The normalized spacial score (nSPS) is 12.7. The maximum atomic E-state index is 9.25. The first-order chi connectivity index (χ1) is 24.6. The number of hydrogen-bond acceptors (Lipinski definition) is 1. The Morgan fingerprint density at radius 3 is 1.68 bits per heavy atom. The zero-order valence-corrected chi connectivity index (χ0v) is 25.3. The number of fused-ring (bicyclic) bond motifs is 8. The summed E-state index contributed by atoms with van der Waals surface area (Å²) in [5, 5.41) is 10.7. The molecule has 1 heterocycles. The van der Waals surface area contributed by atoms with E-state index in [2.05, 4.69) is 115 Å². The van der Waals surface area contributed by atoms with Crippen molar-refractivity contribution in [3.05, 3.63) is 170 Å². The van der Waals surface area contributed by atoms with Gasteiger partial charge in [-0.05, 0) is 101 Å². The van der Waals surface area contributed by atoms with Gasteiger partial charge in [-0.1, -0.05) is 146 Å². The second kappa shape index (κ2) is 10.2. The maximum absolute atomic E-state index is 9.25. The molecule has 0 amide bonds. The van der Waals surface area contributed by atoms with Gasteiger partial charge < -0.3 is 4.42 Å². The molecule has 10 rings (SSSR count). The molecule has 1 heteroatoms. The monoisotopic (exact) mass is 599 g/mol. The van der Waals surface area contributed by atoms with Crippen molar-refractivity contribution >= 4 is 65.0 Å². The summed E-state index contributed by atoms with van der Waals surface area (Å²) >= 11 is 0. The van der Waals surface area contributed by atoms with Crippen molar-refractivity contribution in [1.82, 2.24) is 0 Å². The molecule has 0 spiro atoms. The van der Waals surface area contributed by atoms with Crippen molar-refractivity contribution in [2.45, 2.75) is 0 Å². The van der Waals surface area contributed by atoms with Crippen molar-refractivity contribution in [2.75, 3.05) is 0 Å². The van der Waals surface area contributed by atoms with Crippen LogP contribution >= 0.6 is 0 Å². The fraction of sp³-hybridized carbons (Fsp3) is 0. The van der Waals surface area contributed by atoms with E-state index in [1.165, 1.54) is 32.7 Å². The molecule has 0 bridgehead atoms. The van der Waals surface area contributed by atoms with E-state index in [4.69, 9.17) is 7.16 Å². The summed E-state index contributed by atoms with van der Waals surface area (Å²) in [6, 6.07) is 52.7. The molecule has 0 N–H and O–H groups in total. The Labute approximate surface area is 276 Å². The molecule has 0 radical (unpaired) electrons. The molecule has 1 aromatic heterocycles. The predicted molar refractivity (Wildman–Crippen MR) is 200 cm³/mol. The quantitative estimate of drug-likeness (QED) is 0.184. The van der Waals surface area contributed by atoms with Crippen LogP contribution in [-0.4, -0.2) is 0 Å². The van der Waals surface area contributed by atoms with Crippen LogP contribution in [0.1, 0.15) is 4.11 Å². The van der Waals surface area contributed by atoms with Gasteiger partial charge in [-0.3, -0.25) is 0 Å². The minimum Gasteiger partial charge on any atom is -0.456 e. The zero-order valence-electron chi connectivity index (χ0n) is 28.3. The van der Waals surface area contributed by atoms with E-state index >= 15 is 0 Å². The molecule has 0 unspecified atom stereocenters. The Bertz CT molecular complexity index is 2970. The van der Waals surface area contributed by atoms with Gasteiger partial charge in [0.25, 0.3) is 0 Å². The Kier molecular flexibility index (Phi) is 5.02. The molecule has 10 aromatic rings. The van der Waals surface area contributed by atoms with Crippen LogP contribution in [-0.2, 0) is 0 Å². The van der Waals surface area contributed by atoms with Crippen molar-refractivity contribution in [2.24, 2.45) is 0 Å². The summed E-state index contributed by atoms with van der Waals surface area (Å²) < 4.78 is 33.2. The molecule has 9 aromatic carbocycles. The predicted octanol–water partition coefficient (Wildman–Crippen LogP) is 13.2. The van der Waals surface area contributed by atoms with Gasteiger partial charge in [0.15, 0.2) is 0 Å². The van der Waals surface area contributed by atoms with E-state index in [0.717, 1.165) is 43.6 Å². The highest BCUT2D eigenvalue weighted by atomic mass is 16.3. The van der Waals surface area contributed by atoms with Crippen molar-refractivity contribution < 1.29 is 8.53 Å². The Morgan fingerprint density at radius 2 is 0.957 bits per heavy atom. The third kappa shape index (κ3) is 3.97. The van der Waals surface area contributed by atoms with Crippen LogP contribution in [0.5, 0.6) is 0 Å². The second-order valence-corrected chi connectivity index (χ2v) is 12.2. The number of hydrogen-bond donors (Lipinski definition) is 0. The van der Waals surface area contributed by atoms with Crippen LogP contribution in [0.25, 0.3) is 98.4 Å². The molecular formula is C46H28O. The van der Waals surface area contributed by atoms with E-state index in [1.54, 1.807) is 0 Å². The Balaban J connectivity index is 1.28. The summed E-state index contributed by atoms with van der Waals surface area (Å²) in [4.78, 5) is 0. The third-order valence-corrected chi connectivity index (χ3v) is 9.60. The summed E-state index contributed by atoms with van der Waals surface area (Å²) in [5.74, 6) is 0. The van der Waals surface area contributed by atoms with Crippen LogP contribution in [0.3, 0.4) is 0 Å². The average Bonchev–Trinajstić information content (AvgIpc) is 3.56. The molecule has 0 aliphatic carbocycles. The van der Waals surface area contributed by atoms with E-state index in [1.807, 2.05) is 36.4 Å². The first-order valence-corrected chi connectivity index (χ1v) is 15.9. The lowest BCUT2D eigenvalue weighted by Gasteiger charge is -2.18. The van der Waals surface area contributed by atoms with Crippen molar-refractivity contribution in [3.63, 3.8) is 0 Å². The van der Waals surface area contributed by atoms with Gasteiger partial charge >= 0.3 is 0 Å². The fourth-order valence-electron chi connectivity index (χ4n) is 7.55. The molecule has 218 valence electrons. The van der Waals surface area contributed by atoms with Gasteiger partial charge in [0.05, 0.1) is 4.11 Å². The minimum absolute atomic E-state index is 0.0247. The minimum atomic E-state index is -0.142. The summed E-state index contributed by atoms with van der Waals surface area (Å²) in [5.41, 5.74) is 6.94. The van der Waals surface area contributed by atoms with Gasteiger partial charge in [-0.15, -0.1) is 0 Å². The van der Waals surface area contributed by atoms with Gasteiger partial charge in [-0.25, -0.2) is 0 Å². The number of furan rings is 1.